The minimum absolute atomic E-state index is 0.0431. The van der Waals surface area contributed by atoms with Crippen molar-refractivity contribution in [3.05, 3.63) is 28.8 Å². The average Bonchev–Trinajstić information content (AvgIpc) is 2.94. The van der Waals surface area contributed by atoms with Gasteiger partial charge in [0.25, 0.3) is 0 Å². The number of hydrogen-bond donors (Lipinski definition) is 1. The fourth-order valence-corrected chi connectivity index (χ4v) is 2.26. The zero-order chi connectivity index (χ0) is 15.6. The lowest BCUT2D eigenvalue weighted by Crippen LogP contribution is -2.13. The SMILES string of the molecule is CCc1cc(Cn2nnc(C(=O)O)c2CC(C)C)n(C)n1. The number of carboxylic acids is 1. The highest BCUT2D eigenvalue weighted by Gasteiger charge is 2.20. The van der Waals surface area contributed by atoms with Crippen molar-refractivity contribution in [3.8, 4) is 0 Å². The number of hydrogen-bond acceptors (Lipinski definition) is 4. The maximum atomic E-state index is 11.3. The fourth-order valence-electron chi connectivity index (χ4n) is 2.26. The Morgan fingerprint density at radius 3 is 2.67 bits per heavy atom. The number of carboxylic acid groups (broad SMARTS) is 1. The van der Waals surface area contributed by atoms with Gasteiger partial charge in [0, 0.05) is 7.05 Å². The summed E-state index contributed by atoms with van der Waals surface area (Å²) in [7, 11) is 1.88. The largest absolute Gasteiger partial charge is 0.476 e. The van der Waals surface area contributed by atoms with Crippen LogP contribution < -0.4 is 0 Å². The Bertz CT molecular complexity index is 642. The molecule has 0 radical (unpaired) electrons. The summed E-state index contributed by atoms with van der Waals surface area (Å²) >= 11 is 0. The van der Waals surface area contributed by atoms with Gasteiger partial charge in [-0.05, 0) is 24.8 Å². The van der Waals surface area contributed by atoms with Crippen molar-refractivity contribution in [1.29, 1.82) is 0 Å². The van der Waals surface area contributed by atoms with Gasteiger partial charge in [0.15, 0.2) is 5.69 Å². The highest BCUT2D eigenvalue weighted by atomic mass is 16.4. The molecule has 7 heteroatoms. The molecule has 7 nitrogen and oxygen atoms in total. The van der Waals surface area contributed by atoms with Crippen molar-refractivity contribution in [1.82, 2.24) is 24.8 Å². The van der Waals surface area contributed by atoms with Crippen LogP contribution in [-0.4, -0.2) is 35.9 Å². The van der Waals surface area contributed by atoms with E-state index in [9.17, 15) is 9.90 Å². The quantitative estimate of drug-likeness (QED) is 0.872. The molecule has 0 spiro atoms. The van der Waals surface area contributed by atoms with Crippen LogP contribution in [-0.2, 0) is 26.4 Å². The van der Waals surface area contributed by atoms with Crippen molar-refractivity contribution in [2.24, 2.45) is 13.0 Å². The van der Waals surface area contributed by atoms with E-state index in [0.29, 0.717) is 24.6 Å². The van der Waals surface area contributed by atoms with Gasteiger partial charge in [0.2, 0.25) is 0 Å². The summed E-state index contributed by atoms with van der Waals surface area (Å²) in [6, 6.07) is 2.02. The minimum Gasteiger partial charge on any atom is -0.476 e. The van der Waals surface area contributed by atoms with E-state index in [1.807, 2.05) is 33.9 Å². The maximum Gasteiger partial charge on any atom is 0.358 e. The number of nitrogens with zero attached hydrogens (tertiary/aromatic N) is 5. The minimum atomic E-state index is -1.03. The van der Waals surface area contributed by atoms with Crippen molar-refractivity contribution in [3.63, 3.8) is 0 Å². The standard InChI is InChI=1S/C14H21N5O2/c1-5-10-7-11(18(4)16-10)8-19-12(6-9(2)3)13(14(20)21)15-17-19/h7,9H,5-6,8H2,1-4H3,(H,20,21). The number of rotatable bonds is 6. The monoisotopic (exact) mass is 291 g/mol. The molecule has 0 aromatic carbocycles. The first kappa shape index (κ1) is 15.2. The van der Waals surface area contributed by atoms with E-state index in [2.05, 4.69) is 15.4 Å². The highest BCUT2D eigenvalue weighted by molar-refractivity contribution is 5.86. The van der Waals surface area contributed by atoms with Crippen molar-refractivity contribution < 1.29 is 9.90 Å². The maximum absolute atomic E-state index is 11.3. The molecular weight excluding hydrogens is 270 g/mol. The Balaban J connectivity index is 2.34. The predicted octanol–water partition coefficient (Wildman–Crippen LogP) is 1.52. The Morgan fingerprint density at radius 1 is 1.43 bits per heavy atom. The van der Waals surface area contributed by atoms with Crippen LogP contribution in [0.3, 0.4) is 0 Å². The molecule has 114 valence electrons. The van der Waals surface area contributed by atoms with Crippen LogP contribution in [0.5, 0.6) is 0 Å². The third-order valence-corrected chi connectivity index (χ3v) is 3.34. The molecule has 1 N–H and O–H groups in total. The van der Waals surface area contributed by atoms with Gasteiger partial charge in [-0.15, -0.1) is 5.10 Å². The summed E-state index contributed by atoms with van der Waals surface area (Å²) in [4.78, 5) is 11.3. The van der Waals surface area contributed by atoms with E-state index < -0.39 is 5.97 Å². The molecule has 0 atom stereocenters. The second-order valence-corrected chi connectivity index (χ2v) is 5.55. The van der Waals surface area contributed by atoms with Gasteiger partial charge in [-0.25, -0.2) is 9.48 Å². The fraction of sp³-hybridized carbons (Fsp3) is 0.571. The van der Waals surface area contributed by atoms with Crippen LogP contribution >= 0.6 is 0 Å². The summed E-state index contributed by atoms with van der Waals surface area (Å²) < 4.78 is 3.47. The molecule has 21 heavy (non-hydrogen) atoms. The summed E-state index contributed by atoms with van der Waals surface area (Å²) in [6.07, 6.45) is 1.50. The predicted molar refractivity (Wildman–Crippen MR) is 77.2 cm³/mol. The van der Waals surface area contributed by atoms with E-state index in [-0.39, 0.29) is 5.69 Å². The number of aryl methyl sites for hydroxylation is 2. The first-order chi connectivity index (χ1) is 9.92. The van der Waals surface area contributed by atoms with Gasteiger partial charge in [-0.3, -0.25) is 4.68 Å². The molecule has 2 aromatic heterocycles. The molecule has 2 aromatic rings. The van der Waals surface area contributed by atoms with Crippen LogP contribution in [0.15, 0.2) is 6.07 Å². The molecule has 2 rings (SSSR count). The van der Waals surface area contributed by atoms with E-state index in [0.717, 1.165) is 17.8 Å². The topological polar surface area (TPSA) is 85.8 Å². The summed E-state index contributed by atoms with van der Waals surface area (Å²) in [5, 5.41) is 21.4. The number of aromatic nitrogens is 5. The molecule has 0 aliphatic rings. The zero-order valence-electron chi connectivity index (χ0n) is 12.9. The molecular formula is C14H21N5O2. The van der Waals surface area contributed by atoms with Crippen molar-refractivity contribution in [2.45, 2.75) is 40.2 Å². The van der Waals surface area contributed by atoms with Gasteiger partial charge in [-0.1, -0.05) is 26.0 Å². The molecule has 0 aliphatic carbocycles. The molecule has 0 aliphatic heterocycles. The van der Waals surface area contributed by atoms with Crippen molar-refractivity contribution >= 4 is 5.97 Å². The summed E-state index contributed by atoms with van der Waals surface area (Å²) in [6.45, 7) is 6.62. The Morgan fingerprint density at radius 2 is 2.14 bits per heavy atom. The molecule has 0 saturated carbocycles. The zero-order valence-corrected chi connectivity index (χ0v) is 12.9. The summed E-state index contributed by atoms with van der Waals surface area (Å²) in [5.41, 5.74) is 2.70. The van der Waals surface area contributed by atoms with Gasteiger partial charge in [0.05, 0.1) is 23.6 Å². The smallest absolute Gasteiger partial charge is 0.358 e. The van der Waals surface area contributed by atoms with Gasteiger partial charge >= 0.3 is 5.97 Å². The van der Waals surface area contributed by atoms with Crippen molar-refractivity contribution in [2.75, 3.05) is 0 Å². The Hall–Kier alpha value is -2.18. The number of aromatic carboxylic acids is 1. The Labute approximate surface area is 123 Å². The lowest BCUT2D eigenvalue weighted by Gasteiger charge is -2.09. The molecule has 0 bridgehead atoms. The van der Waals surface area contributed by atoms with Crippen LogP contribution in [0.25, 0.3) is 0 Å². The second kappa shape index (κ2) is 6.07. The second-order valence-electron chi connectivity index (χ2n) is 5.55. The molecule has 2 heterocycles. The first-order valence-electron chi connectivity index (χ1n) is 7.09. The normalized spacial score (nSPS) is 11.3. The van der Waals surface area contributed by atoms with Gasteiger partial charge in [0.1, 0.15) is 0 Å². The van der Waals surface area contributed by atoms with E-state index in [1.165, 1.54) is 0 Å². The first-order valence-corrected chi connectivity index (χ1v) is 7.09. The van der Waals surface area contributed by atoms with Crippen LogP contribution in [0, 0.1) is 5.92 Å². The summed E-state index contributed by atoms with van der Waals surface area (Å²) in [5.74, 6) is -0.700. The van der Waals surface area contributed by atoms with Crippen LogP contribution in [0.1, 0.15) is 48.3 Å². The molecule has 0 amide bonds. The van der Waals surface area contributed by atoms with E-state index in [1.54, 1.807) is 9.36 Å². The molecule has 0 unspecified atom stereocenters. The van der Waals surface area contributed by atoms with Gasteiger partial charge < -0.3 is 5.11 Å². The lowest BCUT2D eigenvalue weighted by atomic mass is 10.1. The number of carbonyl (C=O) groups is 1. The van der Waals surface area contributed by atoms with Crippen LogP contribution in [0.2, 0.25) is 0 Å². The average molecular weight is 291 g/mol. The lowest BCUT2D eigenvalue weighted by molar-refractivity contribution is 0.0689. The third kappa shape index (κ3) is 3.29. The van der Waals surface area contributed by atoms with Crippen LogP contribution in [0.4, 0.5) is 0 Å². The molecule has 0 saturated heterocycles. The molecule has 0 fully saturated rings. The third-order valence-electron chi connectivity index (χ3n) is 3.34. The highest BCUT2D eigenvalue weighted by Crippen LogP contribution is 2.14. The van der Waals surface area contributed by atoms with E-state index >= 15 is 0 Å². The van der Waals surface area contributed by atoms with Gasteiger partial charge in [-0.2, -0.15) is 5.10 Å². The van der Waals surface area contributed by atoms with E-state index in [4.69, 9.17) is 0 Å². The Kier molecular flexibility index (Phi) is 4.40.